The number of carboxylic acid groups (broad SMARTS) is 1. The topological polar surface area (TPSA) is 40.5 Å². The highest BCUT2D eigenvalue weighted by Crippen LogP contribution is 2.46. The van der Waals surface area contributed by atoms with Gasteiger partial charge in [0.05, 0.1) is 5.92 Å². The number of carbonyl (C=O) groups is 1. The number of carboxylic acids is 1. The molecule has 3 aliphatic rings. The van der Waals surface area contributed by atoms with Crippen molar-refractivity contribution < 1.29 is 9.90 Å². The van der Waals surface area contributed by atoms with Crippen LogP contribution >= 0.6 is 0 Å². The van der Waals surface area contributed by atoms with E-state index in [0.29, 0.717) is 18.1 Å². The molecule has 1 saturated carbocycles. The Balaban J connectivity index is 1.71. The summed E-state index contributed by atoms with van der Waals surface area (Å²) in [6.07, 6.45) is 8.56. The number of hydrogen-bond acceptors (Lipinski definition) is 2. The largest absolute Gasteiger partial charge is 0.481 e. The van der Waals surface area contributed by atoms with E-state index < -0.39 is 5.97 Å². The van der Waals surface area contributed by atoms with Crippen molar-refractivity contribution in [3.05, 3.63) is 0 Å². The molecule has 0 aromatic carbocycles. The van der Waals surface area contributed by atoms with Crippen LogP contribution in [0, 0.1) is 17.8 Å². The van der Waals surface area contributed by atoms with E-state index in [1.54, 1.807) is 0 Å². The van der Waals surface area contributed by atoms with Gasteiger partial charge in [-0.3, -0.25) is 9.69 Å². The third-order valence-corrected chi connectivity index (χ3v) is 5.96. The first-order valence-electron chi connectivity index (χ1n) is 8.08. The minimum absolute atomic E-state index is 0.0850. The van der Waals surface area contributed by atoms with Crippen LogP contribution in [0.3, 0.4) is 0 Å². The van der Waals surface area contributed by atoms with Gasteiger partial charge in [0, 0.05) is 18.1 Å². The first-order chi connectivity index (χ1) is 9.08. The van der Waals surface area contributed by atoms with Gasteiger partial charge in [0.1, 0.15) is 0 Å². The molecule has 1 aliphatic carbocycles. The van der Waals surface area contributed by atoms with Gasteiger partial charge in [0.15, 0.2) is 0 Å². The van der Waals surface area contributed by atoms with Crippen molar-refractivity contribution in [3.8, 4) is 0 Å². The van der Waals surface area contributed by atoms with Gasteiger partial charge in [0.25, 0.3) is 0 Å². The van der Waals surface area contributed by atoms with E-state index in [9.17, 15) is 9.90 Å². The SMILES string of the molecule is CC(C)C1CCCC(N2C3CCC2C(C(=O)O)C3)C1. The minimum Gasteiger partial charge on any atom is -0.481 e. The van der Waals surface area contributed by atoms with Crippen molar-refractivity contribution in [1.82, 2.24) is 4.90 Å². The van der Waals surface area contributed by atoms with Crippen LogP contribution in [0.15, 0.2) is 0 Å². The molecule has 1 N–H and O–H groups in total. The molecular weight excluding hydrogens is 238 g/mol. The van der Waals surface area contributed by atoms with Gasteiger partial charge < -0.3 is 5.11 Å². The maximum atomic E-state index is 11.4. The van der Waals surface area contributed by atoms with Crippen molar-refractivity contribution in [2.45, 2.75) is 76.9 Å². The fraction of sp³-hybridized carbons (Fsp3) is 0.938. The lowest BCUT2D eigenvalue weighted by Gasteiger charge is -2.39. The van der Waals surface area contributed by atoms with Crippen LogP contribution in [-0.2, 0) is 4.79 Å². The molecular formula is C16H27NO2. The molecule has 5 atom stereocenters. The van der Waals surface area contributed by atoms with Gasteiger partial charge in [0.2, 0.25) is 0 Å². The lowest BCUT2D eigenvalue weighted by Crippen LogP contribution is -2.44. The van der Waals surface area contributed by atoms with Crippen molar-refractivity contribution in [2.75, 3.05) is 0 Å². The maximum absolute atomic E-state index is 11.4. The van der Waals surface area contributed by atoms with Crippen molar-refractivity contribution >= 4 is 5.97 Å². The van der Waals surface area contributed by atoms with Gasteiger partial charge >= 0.3 is 5.97 Å². The summed E-state index contributed by atoms with van der Waals surface area (Å²) < 4.78 is 0. The monoisotopic (exact) mass is 265 g/mol. The Morgan fingerprint density at radius 3 is 2.47 bits per heavy atom. The lowest BCUT2D eigenvalue weighted by molar-refractivity contribution is -0.142. The van der Waals surface area contributed by atoms with Crippen LogP contribution in [-0.4, -0.2) is 34.1 Å². The molecule has 0 amide bonds. The zero-order valence-electron chi connectivity index (χ0n) is 12.2. The Morgan fingerprint density at radius 2 is 1.84 bits per heavy atom. The predicted octanol–water partition coefficient (Wildman–Crippen LogP) is 3.14. The second-order valence-corrected chi connectivity index (χ2v) is 7.25. The van der Waals surface area contributed by atoms with Crippen LogP contribution in [0.1, 0.15) is 58.8 Å². The second kappa shape index (κ2) is 5.08. The zero-order chi connectivity index (χ0) is 13.6. The highest BCUT2D eigenvalue weighted by molar-refractivity contribution is 5.71. The van der Waals surface area contributed by atoms with Crippen LogP contribution in [0.25, 0.3) is 0 Å². The third kappa shape index (κ3) is 2.31. The van der Waals surface area contributed by atoms with Gasteiger partial charge in [-0.15, -0.1) is 0 Å². The summed E-state index contributed by atoms with van der Waals surface area (Å²) in [7, 11) is 0. The normalized spacial score (nSPS) is 43.0. The molecule has 2 bridgehead atoms. The van der Waals surface area contributed by atoms with Crippen LogP contribution in [0.2, 0.25) is 0 Å². The lowest BCUT2D eigenvalue weighted by atomic mass is 9.78. The summed E-state index contributed by atoms with van der Waals surface area (Å²) in [5.41, 5.74) is 0. The molecule has 2 saturated heterocycles. The number of fused-ring (bicyclic) bond motifs is 2. The number of rotatable bonds is 3. The van der Waals surface area contributed by atoms with Gasteiger partial charge in [-0.25, -0.2) is 0 Å². The van der Waals surface area contributed by atoms with E-state index in [4.69, 9.17) is 0 Å². The zero-order valence-corrected chi connectivity index (χ0v) is 12.2. The third-order valence-electron chi connectivity index (χ3n) is 5.96. The average Bonchev–Trinajstić information content (AvgIpc) is 2.96. The van der Waals surface area contributed by atoms with Crippen molar-refractivity contribution in [3.63, 3.8) is 0 Å². The molecule has 3 heteroatoms. The van der Waals surface area contributed by atoms with Crippen molar-refractivity contribution in [2.24, 2.45) is 17.8 Å². The highest BCUT2D eigenvalue weighted by Gasteiger charge is 2.51. The second-order valence-electron chi connectivity index (χ2n) is 7.25. The molecule has 3 rings (SSSR count). The fourth-order valence-electron chi connectivity index (χ4n) is 4.94. The standard InChI is InChI=1S/C16H27NO2/c1-10(2)11-4-3-5-12(8-11)17-13-6-7-15(17)14(9-13)16(18)19/h10-15H,3-9H2,1-2H3,(H,18,19). The molecule has 0 aromatic heterocycles. The van der Waals surface area contributed by atoms with E-state index >= 15 is 0 Å². The molecule has 2 aliphatic heterocycles. The quantitative estimate of drug-likeness (QED) is 0.852. The Kier molecular flexibility index (Phi) is 3.59. The van der Waals surface area contributed by atoms with Gasteiger partial charge in [-0.05, 0) is 43.9 Å². The summed E-state index contributed by atoms with van der Waals surface area (Å²) in [4.78, 5) is 14.0. The van der Waals surface area contributed by atoms with Crippen LogP contribution < -0.4 is 0 Å². The van der Waals surface area contributed by atoms with Crippen molar-refractivity contribution in [1.29, 1.82) is 0 Å². The minimum atomic E-state index is -0.562. The van der Waals surface area contributed by atoms with Gasteiger partial charge in [-0.2, -0.15) is 0 Å². The molecule has 19 heavy (non-hydrogen) atoms. The molecule has 0 spiro atoms. The molecule has 0 aromatic rings. The molecule has 108 valence electrons. The number of hydrogen-bond donors (Lipinski definition) is 1. The van der Waals surface area contributed by atoms with E-state index in [-0.39, 0.29) is 5.92 Å². The first-order valence-corrected chi connectivity index (χ1v) is 8.08. The summed E-state index contributed by atoms with van der Waals surface area (Å²) in [6.45, 7) is 4.68. The smallest absolute Gasteiger partial charge is 0.308 e. The van der Waals surface area contributed by atoms with E-state index in [1.165, 1.54) is 32.1 Å². The molecule has 3 nitrogen and oxygen atoms in total. The molecule has 2 heterocycles. The number of nitrogens with zero attached hydrogens (tertiary/aromatic N) is 1. The molecule has 0 radical (unpaired) electrons. The predicted molar refractivity (Wildman–Crippen MR) is 75.0 cm³/mol. The highest BCUT2D eigenvalue weighted by atomic mass is 16.4. The van der Waals surface area contributed by atoms with E-state index in [2.05, 4.69) is 18.7 Å². The first kappa shape index (κ1) is 13.4. The Hall–Kier alpha value is -0.570. The Labute approximate surface area is 116 Å². The molecule has 3 fully saturated rings. The summed E-state index contributed by atoms with van der Waals surface area (Å²) in [6, 6.07) is 1.59. The van der Waals surface area contributed by atoms with Gasteiger partial charge in [-0.1, -0.05) is 26.7 Å². The number of aliphatic carboxylic acids is 1. The van der Waals surface area contributed by atoms with Crippen LogP contribution in [0.4, 0.5) is 0 Å². The summed E-state index contributed by atoms with van der Waals surface area (Å²) in [5, 5.41) is 9.37. The maximum Gasteiger partial charge on any atom is 0.308 e. The Bertz CT molecular complexity index is 355. The summed E-state index contributed by atoms with van der Waals surface area (Å²) >= 11 is 0. The Morgan fingerprint density at radius 1 is 1.11 bits per heavy atom. The summed E-state index contributed by atoms with van der Waals surface area (Å²) in [5.74, 6) is 0.979. The fourth-order valence-corrected chi connectivity index (χ4v) is 4.94. The van der Waals surface area contributed by atoms with E-state index in [0.717, 1.165) is 24.7 Å². The van der Waals surface area contributed by atoms with E-state index in [1.807, 2.05) is 0 Å². The van der Waals surface area contributed by atoms with Crippen LogP contribution in [0.5, 0.6) is 0 Å². The average molecular weight is 265 g/mol. The molecule has 5 unspecified atom stereocenters.